The van der Waals surface area contributed by atoms with E-state index in [1.54, 1.807) is 13.0 Å². The van der Waals surface area contributed by atoms with Crippen LogP contribution in [-0.2, 0) is 4.74 Å². The lowest BCUT2D eigenvalue weighted by Crippen LogP contribution is -2.43. The molecule has 164 valence electrons. The van der Waals surface area contributed by atoms with Crippen molar-refractivity contribution in [2.45, 2.75) is 32.7 Å². The van der Waals surface area contributed by atoms with E-state index in [1.807, 2.05) is 0 Å². The van der Waals surface area contributed by atoms with Gasteiger partial charge in [0.05, 0.1) is 19.3 Å². The Labute approximate surface area is 182 Å². The van der Waals surface area contributed by atoms with Crippen molar-refractivity contribution in [3.05, 3.63) is 70.7 Å². The molecule has 1 amide bonds. The topological polar surface area (TPSA) is 54.7 Å². The third-order valence-electron chi connectivity index (χ3n) is 6.03. The van der Waals surface area contributed by atoms with Crippen LogP contribution in [0.15, 0.2) is 46.9 Å². The SMILES string of the molecule is Cc1c(C(=O)NC[C@@H](c2ccc(C(C)C)cc2)N2CCOCC2)oc2ccc(F)cc12. The van der Waals surface area contributed by atoms with Gasteiger partial charge in [-0.1, -0.05) is 38.1 Å². The summed E-state index contributed by atoms with van der Waals surface area (Å²) in [5.41, 5.74) is 3.61. The number of morpholine rings is 1. The molecule has 1 aliphatic heterocycles. The molecule has 5 nitrogen and oxygen atoms in total. The highest BCUT2D eigenvalue weighted by molar-refractivity contribution is 5.98. The van der Waals surface area contributed by atoms with Crippen LogP contribution >= 0.6 is 0 Å². The number of ether oxygens (including phenoxy) is 1. The maximum absolute atomic E-state index is 13.6. The second-order valence-corrected chi connectivity index (χ2v) is 8.39. The zero-order valence-electron chi connectivity index (χ0n) is 18.3. The normalized spacial score (nSPS) is 16.0. The lowest BCUT2D eigenvalue weighted by Gasteiger charge is -2.35. The lowest BCUT2D eigenvalue weighted by molar-refractivity contribution is 0.0161. The molecule has 2 aromatic carbocycles. The van der Waals surface area contributed by atoms with Gasteiger partial charge in [0.2, 0.25) is 0 Å². The van der Waals surface area contributed by atoms with E-state index in [9.17, 15) is 9.18 Å². The maximum atomic E-state index is 13.6. The molecule has 0 saturated carbocycles. The summed E-state index contributed by atoms with van der Waals surface area (Å²) in [6.45, 7) is 9.58. The van der Waals surface area contributed by atoms with Crippen molar-refractivity contribution in [1.29, 1.82) is 0 Å². The highest BCUT2D eigenvalue weighted by Gasteiger charge is 2.25. The molecule has 2 heterocycles. The zero-order valence-corrected chi connectivity index (χ0v) is 18.3. The number of carbonyl (C=O) groups is 1. The van der Waals surface area contributed by atoms with E-state index in [4.69, 9.17) is 9.15 Å². The Morgan fingerprint density at radius 3 is 2.45 bits per heavy atom. The van der Waals surface area contributed by atoms with Gasteiger partial charge in [0.1, 0.15) is 11.4 Å². The number of amides is 1. The van der Waals surface area contributed by atoms with Crippen LogP contribution in [0.5, 0.6) is 0 Å². The van der Waals surface area contributed by atoms with E-state index in [-0.39, 0.29) is 23.5 Å². The molecule has 0 bridgehead atoms. The molecule has 3 aromatic rings. The van der Waals surface area contributed by atoms with Crippen molar-refractivity contribution in [3.8, 4) is 0 Å². The summed E-state index contributed by atoms with van der Waals surface area (Å²) in [5, 5.41) is 3.66. The van der Waals surface area contributed by atoms with Crippen molar-refractivity contribution in [1.82, 2.24) is 10.2 Å². The van der Waals surface area contributed by atoms with Gasteiger partial charge in [0, 0.05) is 30.6 Å². The number of benzene rings is 2. The molecule has 1 atom stereocenters. The Kier molecular flexibility index (Phi) is 6.39. The number of hydrogen-bond acceptors (Lipinski definition) is 4. The second-order valence-electron chi connectivity index (χ2n) is 8.39. The van der Waals surface area contributed by atoms with Gasteiger partial charge in [-0.3, -0.25) is 9.69 Å². The molecule has 0 unspecified atom stereocenters. The summed E-state index contributed by atoms with van der Waals surface area (Å²) in [4.78, 5) is 15.3. The van der Waals surface area contributed by atoms with Crippen LogP contribution in [0.4, 0.5) is 4.39 Å². The van der Waals surface area contributed by atoms with E-state index < -0.39 is 0 Å². The molecule has 0 spiro atoms. The number of halogens is 1. The lowest BCUT2D eigenvalue weighted by atomic mass is 9.98. The molecule has 31 heavy (non-hydrogen) atoms. The summed E-state index contributed by atoms with van der Waals surface area (Å²) >= 11 is 0. The fourth-order valence-corrected chi connectivity index (χ4v) is 4.13. The fourth-order valence-electron chi connectivity index (χ4n) is 4.13. The summed E-state index contributed by atoms with van der Waals surface area (Å²) in [6.07, 6.45) is 0. The van der Waals surface area contributed by atoms with Crippen LogP contribution in [0.3, 0.4) is 0 Å². The van der Waals surface area contributed by atoms with Gasteiger partial charge < -0.3 is 14.5 Å². The van der Waals surface area contributed by atoms with E-state index in [0.29, 0.717) is 42.2 Å². The molecule has 1 aliphatic rings. The summed E-state index contributed by atoms with van der Waals surface area (Å²) in [6, 6.07) is 13.0. The standard InChI is InChI=1S/C25H29FN2O3/c1-16(2)18-4-6-19(7-5-18)22(28-10-12-30-13-11-28)15-27-25(29)24-17(3)21-14-20(26)8-9-23(21)31-24/h4-9,14,16,22H,10-13,15H2,1-3H3,(H,27,29)/t22-/m0/s1. The molecular weight excluding hydrogens is 395 g/mol. The van der Waals surface area contributed by atoms with E-state index in [0.717, 1.165) is 18.7 Å². The average molecular weight is 425 g/mol. The van der Waals surface area contributed by atoms with Gasteiger partial charge in [-0.05, 0) is 42.2 Å². The minimum absolute atomic E-state index is 0.0381. The van der Waals surface area contributed by atoms with Crippen molar-refractivity contribution in [2.24, 2.45) is 0 Å². The first-order valence-electron chi connectivity index (χ1n) is 10.8. The summed E-state index contributed by atoms with van der Waals surface area (Å²) < 4.78 is 24.8. The first-order valence-corrected chi connectivity index (χ1v) is 10.8. The zero-order chi connectivity index (χ0) is 22.0. The van der Waals surface area contributed by atoms with Crippen LogP contribution in [0.2, 0.25) is 0 Å². The highest BCUT2D eigenvalue weighted by atomic mass is 19.1. The number of nitrogens with zero attached hydrogens (tertiary/aromatic N) is 1. The predicted octanol–water partition coefficient (Wildman–Crippen LogP) is 4.81. The number of fused-ring (bicyclic) bond motifs is 1. The molecule has 6 heteroatoms. The summed E-state index contributed by atoms with van der Waals surface area (Å²) in [5.74, 6) is 0.0692. The van der Waals surface area contributed by atoms with Crippen LogP contribution in [0, 0.1) is 12.7 Å². The summed E-state index contributed by atoms with van der Waals surface area (Å²) in [7, 11) is 0. The molecule has 0 radical (unpaired) electrons. The van der Waals surface area contributed by atoms with Gasteiger partial charge in [-0.2, -0.15) is 0 Å². The largest absolute Gasteiger partial charge is 0.451 e. The number of aryl methyl sites for hydroxylation is 1. The quantitative estimate of drug-likeness (QED) is 0.617. The Balaban J connectivity index is 1.54. The number of rotatable bonds is 6. The maximum Gasteiger partial charge on any atom is 0.287 e. The fraction of sp³-hybridized carbons (Fsp3) is 0.400. The average Bonchev–Trinajstić information content (AvgIpc) is 3.11. The van der Waals surface area contributed by atoms with Crippen LogP contribution < -0.4 is 5.32 Å². The third-order valence-corrected chi connectivity index (χ3v) is 6.03. The third kappa shape index (κ3) is 4.65. The molecule has 4 rings (SSSR count). The van der Waals surface area contributed by atoms with E-state index in [2.05, 4.69) is 48.3 Å². The molecule has 1 saturated heterocycles. The van der Waals surface area contributed by atoms with Crippen LogP contribution in [-0.4, -0.2) is 43.7 Å². The van der Waals surface area contributed by atoms with Crippen LogP contribution in [0.1, 0.15) is 53.1 Å². The van der Waals surface area contributed by atoms with Crippen molar-refractivity contribution < 1.29 is 18.3 Å². The first-order chi connectivity index (χ1) is 14.9. The van der Waals surface area contributed by atoms with Crippen molar-refractivity contribution in [2.75, 3.05) is 32.8 Å². The predicted molar refractivity (Wildman–Crippen MR) is 119 cm³/mol. The molecule has 0 aliphatic carbocycles. The van der Waals surface area contributed by atoms with Gasteiger partial charge >= 0.3 is 0 Å². The van der Waals surface area contributed by atoms with Gasteiger partial charge in [0.15, 0.2) is 5.76 Å². The van der Waals surface area contributed by atoms with E-state index >= 15 is 0 Å². The first kappa shape index (κ1) is 21.5. The molecular formula is C25H29FN2O3. The molecule has 1 N–H and O–H groups in total. The smallest absolute Gasteiger partial charge is 0.287 e. The highest BCUT2D eigenvalue weighted by Crippen LogP contribution is 2.27. The monoisotopic (exact) mass is 424 g/mol. The minimum atomic E-state index is -0.347. The minimum Gasteiger partial charge on any atom is -0.451 e. The van der Waals surface area contributed by atoms with Gasteiger partial charge in [-0.15, -0.1) is 0 Å². The van der Waals surface area contributed by atoms with Gasteiger partial charge in [0.25, 0.3) is 5.91 Å². The number of hydrogen-bond donors (Lipinski definition) is 1. The number of nitrogens with one attached hydrogen (secondary N) is 1. The number of carbonyl (C=O) groups excluding carboxylic acids is 1. The van der Waals surface area contributed by atoms with Crippen molar-refractivity contribution in [3.63, 3.8) is 0 Å². The van der Waals surface area contributed by atoms with Crippen LogP contribution in [0.25, 0.3) is 11.0 Å². The Morgan fingerprint density at radius 2 is 1.77 bits per heavy atom. The Morgan fingerprint density at radius 1 is 1.10 bits per heavy atom. The number of furan rings is 1. The Hall–Kier alpha value is -2.70. The van der Waals surface area contributed by atoms with Crippen molar-refractivity contribution >= 4 is 16.9 Å². The van der Waals surface area contributed by atoms with E-state index in [1.165, 1.54) is 17.7 Å². The Bertz CT molecular complexity index is 1050. The molecule has 1 aromatic heterocycles. The molecule has 1 fully saturated rings. The van der Waals surface area contributed by atoms with Gasteiger partial charge in [-0.25, -0.2) is 4.39 Å². The second kappa shape index (κ2) is 9.20.